The summed E-state index contributed by atoms with van der Waals surface area (Å²) in [5.41, 5.74) is 0.623. The molecule has 1 aromatic carbocycles. The van der Waals surface area contributed by atoms with Crippen LogP contribution in [0, 0.1) is 10.1 Å². The molecule has 1 unspecified atom stereocenters. The van der Waals surface area contributed by atoms with Crippen LogP contribution in [-0.4, -0.2) is 31.0 Å². The van der Waals surface area contributed by atoms with Gasteiger partial charge < -0.3 is 0 Å². The Bertz CT molecular complexity index is 404. The van der Waals surface area contributed by atoms with Crippen molar-refractivity contribution in [1.82, 2.24) is 0 Å². The topological polar surface area (TPSA) is 80.4 Å². The van der Waals surface area contributed by atoms with Gasteiger partial charge in [-0.2, -0.15) is 0 Å². The van der Waals surface area contributed by atoms with Crippen molar-refractivity contribution in [2.45, 2.75) is 23.5 Å². The predicted octanol–water partition coefficient (Wildman–Crippen LogP) is 2.32. The molecule has 0 saturated heterocycles. The molecule has 1 atom stereocenters. The van der Waals surface area contributed by atoms with Gasteiger partial charge in [0.1, 0.15) is 0 Å². The first-order valence-electron chi connectivity index (χ1n) is 5.11. The molecule has 1 N–H and O–H groups in total. The van der Waals surface area contributed by atoms with Crippen LogP contribution in [0.5, 0.6) is 0 Å². The van der Waals surface area contributed by atoms with E-state index in [2.05, 4.69) is 0 Å². The van der Waals surface area contributed by atoms with Crippen LogP contribution < -0.4 is 0 Å². The first kappa shape index (κ1) is 13.7. The van der Waals surface area contributed by atoms with Crippen LogP contribution in [0.4, 0.5) is 5.69 Å². The summed E-state index contributed by atoms with van der Waals surface area (Å²) in [6.45, 7) is 2.02. The Morgan fingerprint density at radius 1 is 1.47 bits per heavy atom. The third-order valence-electron chi connectivity index (χ3n) is 2.29. The van der Waals surface area contributed by atoms with Gasteiger partial charge in [0.05, 0.1) is 0 Å². The molecular formula is C11H13NO4Se. The molecule has 1 rings (SSSR count). The summed E-state index contributed by atoms with van der Waals surface area (Å²) < 4.78 is 0. The van der Waals surface area contributed by atoms with E-state index in [1.54, 1.807) is 0 Å². The number of carbonyl (C=O) groups is 1. The average Bonchev–Trinajstić information content (AvgIpc) is 2.29. The van der Waals surface area contributed by atoms with Crippen LogP contribution in [0.25, 0.3) is 0 Å². The molecule has 0 heterocycles. The molecular weight excluding hydrogens is 289 g/mol. The van der Waals surface area contributed by atoms with Crippen molar-refractivity contribution in [2.75, 3.05) is 0 Å². The molecule has 92 valence electrons. The number of nitro benzene ring substituents is 1. The molecule has 0 spiro atoms. The Morgan fingerprint density at radius 3 is 2.47 bits per heavy atom. The number of hydrogen-bond donors (Lipinski definition) is 1. The van der Waals surface area contributed by atoms with Crippen molar-refractivity contribution in [1.29, 1.82) is 0 Å². The normalized spacial score (nSPS) is 12.1. The fraction of sp³-hybridized carbons (Fsp3) is 0.364. The quantitative estimate of drug-likeness (QED) is 0.497. The van der Waals surface area contributed by atoms with Crippen LogP contribution in [0.15, 0.2) is 24.3 Å². The zero-order valence-corrected chi connectivity index (χ0v) is 11.0. The summed E-state index contributed by atoms with van der Waals surface area (Å²) in [7, 11) is 0. The van der Waals surface area contributed by atoms with Gasteiger partial charge in [-0.15, -0.1) is 0 Å². The number of hydrogen-bond acceptors (Lipinski definition) is 3. The van der Waals surface area contributed by atoms with Crippen molar-refractivity contribution in [3.8, 4) is 0 Å². The third-order valence-corrected chi connectivity index (χ3v) is 4.34. The van der Waals surface area contributed by atoms with E-state index in [-0.39, 0.29) is 5.69 Å². The van der Waals surface area contributed by atoms with E-state index in [0.717, 1.165) is 5.32 Å². The Labute approximate surface area is 105 Å². The molecule has 0 bridgehead atoms. The van der Waals surface area contributed by atoms with Crippen LogP contribution in [0.2, 0.25) is 10.6 Å². The van der Waals surface area contributed by atoms with Gasteiger partial charge >= 0.3 is 105 Å². The molecule has 0 amide bonds. The van der Waals surface area contributed by atoms with Gasteiger partial charge in [0.15, 0.2) is 0 Å². The predicted molar refractivity (Wildman–Crippen MR) is 64.5 cm³/mol. The van der Waals surface area contributed by atoms with E-state index >= 15 is 0 Å². The summed E-state index contributed by atoms with van der Waals surface area (Å²) in [6.07, 6.45) is 0. The second-order valence-corrected chi connectivity index (χ2v) is 6.17. The number of non-ortho nitro benzene ring substituents is 1. The number of nitro groups is 1. The molecule has 5 nitrogen and oxygen atoms in total. The number of nitrogens with zero attached hydrogens (tertiary/aromatic N) is 1. The second-order valence-electron chi connectivity index (χ2n) is 3.40. The third kappa shape index (κ3) is 3.84. The minimum atomic E-state index is -0.867. The monoisotopic (exact) mass is 303 g/mol. The van der Waals surface area contributed by atoms with Gasteiger partial charge in [0, 0.05) is 0 Å². The van der Waals surface area contributed by atoms with Crippen LogP contribution >= 0.6 is 0 Å². The number of benzene rings is 1. The van der Waals surface area contributed by atoms with Crippen LogP contribution in [0.3, 0.4) is 0 Å². The van der Waals surface area contributed by atoms with E-state index in [1.807, 2.05) is 6.92 Å². The van der Waals surface area contributed by atoms with Crippen molar-refractivity contribution < 1.29 is 14.8 Å². The van der Waals surface area contributed by atoms with Gasteiger partial charge in [-0.3, -0.25) is 0 Å². The summed E-state index contributed by atoms with van der Waals surface area (Å²) in [5, 5.41) is 21.2. The van der Waals surface area contributed by atoms with E-state index < -0.39 is 16.8 Å². The molecule has 0 aliphatic carbocycles. The van der Waals surface area contributed by atoms with Crippen molar-refractivity contribution >= 4 is 26.6 Å². The summed E-state index contributed by atoms with van der Waals surface area (Å²) in [5.74, 6) is -1.41. The van der Waals surface area contributed by atoms with Gasteiger partial charge in [0.25, 0.3) is 0 Å². The summed E-state index contributed by atoms with van der Waals surface area (Å²) in [4.78, 5) is 21.1. The van der Waals surface area contributed by atoms with E-state index in [9.17, 15) is 14.9 Å². The maximum atomic E-state index is 11.1. The molecule has 0 aromatic heterocycles. The molecule has 0 fully saturated rings. The standard InChI is InChI=1S/C11H13NO4Se/c1-2-17-7-10(11(13)14)8-3-5-9(6-4-8)12(15)16/h3-6,10H,2,7H2,1H3,(H,13,14). The van der Waals surface area contributed by atoms with Gasteiger partial charge in [-0.1, -0.05) is 0 Å². The van der Waals surface area contributed by atoms with Crippen LogP contribution in [0.1, 0.15) is 18.4 Å². The minimum absolute atomic E-state index is 0.0149. The second kappa shape index (κ2) is 6.37. The zero-order valence-electron chi connectivity index (χ0n) is 9.33. The molecule has 0 saturated carbocycles. The Kier molecular flexibility index (Phi) is 5.12. The van der Waals surface area contributed by atoms with Gasteiger partial charge in [-0.05, 0) is 0 Å². The molecule has 0 aliphatic rings. The molecule has 17 heavy (non-hydrogen) atoms. The van der Waals surface area contributed by atoms with E-state index in [0.29, 0.717) is 25.8 Å². The molecule has 0 aliphatic heterocycles. The number of carboxylic acid groups (broad SMARTS) is 1. The van der Waals surface area contributed by atoms with Crippen LogP contribution in [-0.2, 0) is 4.79 Å². The zero-order chi connectivity index (χ0) is 12.8. The average molecular weight is 302 g/mol. The molecule has 0 radical (unpaired) electrons. The Balaban J connectivity index is 2.87. The van der Waals surface area contributed by atoms with E-state index in [1.165, 1.54) is 24.3 Å². The van der Waals surface area contributed by atoms with Gasteiger partial charge in [0.2, 0.25) is 0 Å². The molecule has 1 aromatic rings. The van der Waals surface area contributed by atoms with Crippen molar-refractivity contribution in [3.63, 3.8) is 0 Å². The SMILES string of the molecule is CC[Se]CC(C(=O)O)c1ccc([N+](=O)[O-])cc1. The first-order valence-corrected chi connectivity index (χ1v) is 7.53. The number of aliphatic carboxylic acids is 1. The van der Waals surface area contributed by atoms with E-state index in [4.69, 9.17) is 5.11 Å². The number of carboxylic acids is 1. The maximum absolute atomic E-state index is 11.1. The van der Waals surface area contributed by atoms with Crippen molar-refractivity contribution in [2.24, 2.45) is 0 Å². The first-order chi connectivity index (χ1) is 8.06. The number of rotatable bonds is 6. The Hall–Kier alpha value is -1.39. The fourth-order valence-corrected chi connectivity index (χ4v) is 3.07. The van der Waals surface area contributed by atoms with Gasteiger partial charge in [-0.25, -0.2) is 0 Å². The fourth-order valence-electron chi connectivity index (χ4n) is 1.37. The summed E-state index contributed by atoms with van der Waals surface area (Å²) >= 11 is 0.296. The van der Waals surface area contributed by atoms with Crippen molar-refractivity contribution in [3.05, 3.63) is 39.9 Å². The summed E-state index contributed by atoms with van der Waals surface area (Å²) in [6, 6.07) is 5.76. The molecule has 6 heteroatoms. The Morgan fingerprint density at radius 2 is 2.06 bits per heavy atom.